The van der Waals surface area contributed by atoms with E-state index in [1.54, 1.807) is 25.2 Å². The van der Waals surface area contributed by atoms with Crippen molar-refractivity contribution in [2.75, 3.05) is 11.9 Å². The van der Waals surface area contributed by atoms with Gasteiger partial charge in [0, 0.05) is 31.8 Å². The second-order valence-electron chi connectivity index (χ2n) is 5.55. The number of anilines is 1. The summed E-state index contributed by atoms with van der Waals surface area (Å²) in [5, 5.41) is 2.32. The molecule has 3 aromatic rings. The minimum absolute atomic E-state index is 0.0252. The number of hydrogen-bond donors (Lipinski definition) is 1. The first kappa shape index (κ1) is 14.3. The molecule has 1 N–H and O–H groups in total. The molecule has 0 aliphatic carbocycles. The fourth-order valence-electron chi connectivity index (χ4n) is 2.72. The van der Waals surface area contributed by atoms with Crippen LogP contribution in [0.2, 0.25) is 0 Å². The van der Waals surface area contributed by atoms with E-state index in [1.165, 1.54) is 10.9 Å². The molecule has 3 rings (SSSR count). The van der Waals surface area contributed by atoms with Crippen molar-refractivity contribution >= 4 is 22.4 Å². The van der Waals surface area contributed by atoms with Crippen molar-refractivity contribution in [3.05, 3.63) is 60.2 Å². The first-order chi connectivity index (χ1) is 10.6. The summed E-state index contributed by atoms with van der Waals surface area (Å²) in [5.74, 6) is 0.213. The molecule has 1 amide bonds. The Bertz CT molecular complexity index is 808. The molecule has 1 aromatic heterocycles. The molecule has 4 nitrogen and oxygen atoms in total. The number of carbonyl (C=O) groups is 1. The van der Waals surface area contributed by atoms with E-state index < -0.39 is 0 Å². The molecule has 0 radical (unpaired) electrons. The van der Waals surface area contributed by atoms with Crippen LogP contribution < -0.4 is 4.90 Å². The Labute approximate surface area is 129 Å². The highest BCUT2D eigenvalue weighted by Crippen LogP contribution is 2.31. The number of hydrogen-bond acceptors (Lipinski definition) is 2. The van der Waals surface area contributed by atoms with Gasteiger partial charge >= 0.3 is 0 Å². The molecule has 0 aliphatic heterocycles. The minimum atomic E-state index is 0.0252. The normalized spacial score (nSPS) is 12.3. The lowest BCUT2D eigenvalue weighted by Gasteiger charge is -2.18. The first-order valence-corrected chi connectivity index (χ1v) is 7.33. The van der Waals surface area contributed by atoms with Crippen LogP contribution >= 0.6 is 0 Å². The summed E-state index contributed by atoms with van der Waals surface area (Å²) in [6, 6.07) is 12.4. The third-order valence-electron chi connectivity index (χ3n) is 4.19. The van der Waals surface area contributed by atoms with Crippen LogP contribution in [-0.2, 0) is 4.79 Å². The predicted octanol–water partition coefficient (Wildman–Crippen LogP) is 3.70. The van der Waals surface area contributed by atoms with Gasteiger partial charge in [-0.3, -0.25) is 4.79 Å². The molecule has 4 heteroatoms. The summed E-state index contributed by atoms with van der Waals surface area (Å²) < 4.78 is 0. The summed E-state index contributed by atoms with van der Waals surface area (Å²) in [6.07, 6.45) is 3.63. The van der Waals surface area contributed by atoms with E-state index in [1.807, 2.05) is 12.3 Å². The maximum atomic E-state index is 11.6. The fourth-order valence-corrected chi connectivity index (χ4v) is 2.72. The van der Waals surface area contributed by atoms with Crippen LogP contribution in [0.1, 0.15) is 31.0 Å². The number of rotatable bonds is 3. The second-order valence-corrected chi connectivity index (χ2v) is 5.55. The highest BCUT2D eigenvalue weighted by molar-refractivity contribution is 5.96. The Morgan fingerprint density at radius 1 is 1.27 bits per heavy atom. The van der Waals surface area contributed by atoms with Gasteiger partial charge in [0.15, 0.2) is 0 Å². The Balaban J connectivity index is 2.14. The van der Waals surface area contributed by atoms with Gasteiger partial charge in [-0.1, -0.05) is 31.2 Å². The van der Waals surface area contributed by atoms with Gasteiger partial charge in [0.2, 0.25) is 5.91 Å². The number of imidazole rings is 1. The fraction of sp³-hybridized carbons (Fsp3) is 0.222. The zero-order chi connectivity index (χ0) is 15.7. The number of aromatic nitrogens is 2. The summed E-state index contributed by atoms with van der Waals surface area (Å²) in [4.78, 5) is 20.6. The van der Waals surface area contributed by atoms with E-state index in [2.05, 4.69) is 47.2 Å². The molecule has 0 spiro atoms. The van der Waals surface area contributed by atoms with Crippen molar-refractivity contribution in [2.24, 2.45) is 0 Å². The van der Waals surface area contributed by atoms with Crippen LogP contribution in [0, 0.1) is 0 Å². The van der Waals surface area contributed by atoms with Crippen LogP contribution in [-0.4, -0.2) is 22.9 Å². The molecule has 0 saturated carbocycles. The van der Waals surface area contributed by atoms with Crippen LogP contribution in [0.4, 0.5) is 5.69 Å². The number of nitrogens with one attached hydrogen (secondary N) is 1. The largest absolute Gasteiger partial charge is 0.351 e. The minimum Gasteiger partial charge on any atom is -0.351 e. The third kappa shape index (κ3) is 2.48. The zero-order valence-corrected chi connectivity index (χ0v) is 13.0. The molecule has 112 valence electrons. The SMILES string of the molecule is CC(=O)N(C)c1ccc2cccc(C(C)c3c[nH]cn3)c2c1. The number of aromatic amines is 1. The van der Waals surface area contributed by atoms with Gasteiger partial charge in [-0.15, -0.1) is 0 Å². The summed E-state index contributed by atoms with van der Waals surface area (Å²) in [5.41, 5.74) is 3.13. The molecule has 0 fully saturated rings. The van der Waals surface area contributed by atoms with Crippen molar-refractivity contribution in [1.82, 2.24) is 9.97 Å². The molecule has 2 aromatic carbocycles. The van der Waals surface area contributed by atoms with Crippen molar-refractivity contribution in [3.63, 3.8) is 0 Å². The molecular weight excluding hydrogens is 274 g/mol. The highest BCUT2D eigenvalue weighted by Gasteiger charge is 2.14. The lowest BCUT2D eigenvalue weighted by molar-refractivity contribution is -0.116. The van der Waals surface area contributed by atoms with E-state index in [0.29, 0.717) is 0 Å². The van der Waals surface area contributed by atoms with E-state index in [4.69, 9.17) is 0 Å². The van der Waals surface area contributed by atoms with Crippen molar-refractivity contribution in [2.45, 2.75) is 19.8 Å². The Morgan fingerprint density at radius 2 is 2.09 bits per heavy atom. The van der Waals surface area contributed by atoms with Gasteiger partial charge in [-0.05, 0) is 28.5 Å². The average molecular weight is 293 g/mol. The lowest BCUT2D eigenvalue weighted by Crippen LogP contribution is -2.22. The summed E-state index contributed by atoms with van der Waals surface area (Å²) in [6.45, 7) is 3.72. The molecular formula is C18H19N3O. The quantitative estimate of drug-likeness (QED) is 0.800. The van der Waals surface area contributed by atoms with Crippen molar-refractivity contribution in [1.29, 1.82) is 0 Å². The number of carbonyl (C=O) groups excluding carboxylic acids is 1. The maximum absolute atomic E-state index is 11.6. The number of benzene rings is 2. The van der Waals surface area contributed by atoms with E-state index in [0.717, 1.165) is 16.8 Å². The van der Waals surface area contributed by atoms with E-state index >= 15 is 0 Å². The Kier molecular flexibility index (Phi) is 3.67. The maximum Gasteiger partial charge on any atom is 0.223 e. The van der Waals surface area contributed by atoms with Crippen molar-refractivity contribution < 1.29 is 4.79 Å². The number of nitrogens with zero attached hydrogens (tertiary/aromatic N) is 2. The van der Waals surface area contributed by atoms with Crippen LogP contribution in [0.15, 0.2) is 48.9 Å². The molecule has 1 heterocycles. The molecule has 1 unspecified atom stereocenters. The molecule has 0 aliphatic rings. The van der Waals surface area contributed by atoms with Gasteiger partial charge in [-0.25, -0.2) is 4.98 Å². The monoisotopic (exact) mass is 293 g/mol. The van der Waals surface area contributed by atoms with Gasteiger partial charge in [-0.2, -0.15) is 0 Å². The topological polar surface area (TPSA) is 49.0 Å². The van der Waals surface area contributed by atoms with Gasteiger partial charge in [0.25, 0.3) is 0 Å². The number of amides is 1. The average Bonchev–Trinajstić information content (AvgIpc) is 3.06. The summed E-state index contributed by atoms with van der Waals surface area (Å²) >= 11 is 0. The van der Waals surface area contributed by atoms with Crippen LogP contribution in [0.3, 0.4) is 0 Å². The molecule has 1 atom stereocenters. The van der Waals surface area contributed by atoms with Gasteiger partial charge in [0.05, 0.1) is 12.0 Å². The molecule has 0 saturated heterocycles. The van der Waals surface area contributed by atoms with Crippen LogP contribution in [0.5, 0.6) is 0 Å². The lowest BCUT2D eigenvalue weighted by atomic mass is 9.92. The van der Waals surface area contributed by atoms with E-state index in [9.17, 15) is 4.79 Å². The second kappa shape index (κ2) is 5.64. The van der Waals surface area contributed by atoms with Crippen molar-refractivity contribution in [3.8, 4) is 0 Å². The first-order valence-electron chi connectivity index (χ1n) is 7.33. The van der Waals surface area contributed by atoms with E-state index in [-0.39, 0.29) is 11.8 Å². The predicted molar refractivity (Wildman–Crippen MR) is 89.1 cm³/mol. The molecule has 0 bridgehead atoms. The Morgan fingerprint density at radius 3 is 2.77 bits per heavy atom. The third-order valence-corrected chi connectivity index (χ3v) is 4.19. The number of H-pyrrole nitrogens is 1. The standard InChI is InChI=1S/C18H19N3O/c1-12(18-10-19-11-20-18)16-6-4-5-14-7-8-15(9-17(14)16)21(3)13(2)22/h4-12H,1-3H3,(H,19,20). The van der Waals surface area contributed by atoms with Crippen LogP contribution in [0.25, 0.3) is 10.8 Å². The van der Waals surface area contributed by atoms with Gasteiger partial charge in [0.1, 0.15) is 0 Å². The summed E-state index contributed by atoms with van der Waals surface area (Å²) in [7, 11) is 1.79. The zero-order valence-electron chi connectivity index (χ0n) is 13.0. The highest BCUT2D eigenvalue weighted by atomic mass is 16.2. The number of fused-ring (bicyclic) bond motifs is 1. The smallest absolute Gasteiger partial charge is 0.223 e. The molecule has 22 heavy (non-hydrogen) atoms. The Hall–Kier alpha value is -2.62. The van der Waals surface area contributed by atoms with Gasteiger partial charge < -0.3 is 9.88 Å².